The molecule has 6 nitrogen and oxygen atoms in total. The molecule has 1 fully saturated rings. The van der Waals surface area contributed by atoms with E-state index in [0.29, 0.717) is 19.0 Å². The smallest absolute Gasteiger partial charge is 0.367 e. The highest BCUT2D eigenvalue weighted by molar-refractivity contribution is 5.80. The third kappa shape index (κ3) is 5.06. The fourth-order valence-corrected chi connectivity index (χ4v) is 3.40. The van der Waals surface area contributed by atoms with Crippen molar-refractivity contribution in [2.75, 3.05) is 20.1 Å². The lowest BCUT2D eigenvalue weighted by Gasteiger charge is -2.38. The quantitative estimate of drug-likeness (QED) is 0.477. The molecule has 1 N–H and O–H groups in total. The van der Waals surface area contributed by atoms with Gasteiger partial charge in [0.05, 0.1) is 12.6 Å². The molecule has 1 aromatic heterocycles. The first-order valence-electron chi connectivity index (χ1n) is 9.13. The lowest BCUT2D eigenvalue weighted by Crippen LogP contribution is -2.50. The van der Waals surface area contributed by atoms with Crippen LogP contribution >= 0.6 is 0 Å². The van der Waals surface area contributed by atoms with Crippen LogP contribution in [0.3, 0.4) is 0 Å². The highest BCUT2D eigenvalue weighted by atomic mass is 19.4. The van der Waals surface area contributed by atoms with Crippen LogP contribution in [-0.2, 0) is 24.5 Å². The van der Waals surface area contributed by atoms with Gasteiger partial charge in [-0.25, -0.2) is 4.39 Å². The van der Waals surface area contributed by atoms with Crippen LogP contribution in [-0.4, -0.2) is 46.9 Å². The molecule has 0 saturated carbocycles. The van der Waals surface area contributed by atoms with Gasteiger partial charge in [0, 0.05) is 38.9 Å². The molecule has 0 amide bonds. The summed E-state index contributed by atoms with van der Waals surface area (Å²) in [7, 11) is 3.02. The highest BCUT2D eigenvalue weighted by Gasteiger charge is 2.37. The summed E-state index contributed by atoms with van der Waals surface area (Å²) in [6.07, 6.45) is -3.63. The minimum atomic E-state index is -4.52. The number of halogens is 4. The standard InChI is InChI=1S/C19H23F4N5O/c1-12-9-28(11-16(29-12)13-4-6-15(20)7-5-13)18(24-2)25-8-14-10-27(3)26-17(14)19(21,22)23/h4-7,10,12,16H,8-9,11H2,1-3H3,(H,24,25). The maximum atomic E-state index is 13.2. The minimum absolute atomic E-state index is 0.0394. The number of ether oxygens (including phenoxy) is 1. The second-order valence-corrected chi connectivity index (χ2v) is 6.97. The van der Waals surface area contributed by atoms with Crippen LogP contribution in [0, 0.1) is 5.82 Å². The average Bonchev–Trinajstić information content (AvgIpc) is 3.03. The first-order chi connectivity index (χ1) is 13.7. The molecule has 29 heavy (non-hydrogen) atoms. The Kier molecular flexibility index (Phi) is 6.11. The van der Waals surface area contributed by atoms with Crippen molar-refractivity contribution in [3.05, 3.63) is 53.1 Å². The lowest BCUT2D eigenvalue weighted by molar-refractivity contribution is -0.142. The number of hydrogen-bond donors (Lipinski definition) is 1. The molecule has 3 rings (SSSR count). The van der Waals surface area contributed by atoms with Gasteiger partial charge < -0.3 is 15.0 Å². The number of morpholine rings is 1. The van der Waals surface area contributed by atoms with Crippen molar-refractivity contribution in [2.45, 2.75) is 31.9 Å². The van der Waals surface area contributed by atoms with Gasteiger partial charge in [-0.2, -0.15) is 18.3 Å². The van der Waals surface area contributed by atoms with Crippen molar-refractivity contribution in [1.82, 2.24) is 20.0 Å². The van der Waals surface area contributed by atoms with E-state index in [4.69, 9.17) is 4.74 Å². The number of benzene rings is 1. The Bertz CT molecular complexity index is 862. The van der Waals surface area contributed by atoms with E-state index in [9.17, 15) is 17.6 Å². The van der Waals surface area contributed by atoms with Gasteiger partial charge in [0.25, 0.3) is 0 Å². The van der Waals surface area contributed by atoms with E-state index in [0.717, 1.165) is 10.2 Å². The number of guanidine groups is 1. The summed E-state index contributed by atoms with van der Waals surface area (Å²) >= 11 is 0. The number of aliphatic imine (C=N–C) groups is 1. The Morgan fingerprint density at radius 1 is 1.28 bits per heavy atom. The zero-order valence-electron chi connectivity index (χ0n) is 16.4. The van der Waals surface area contributed by atoms with Gasteiger partial charge in [0.1, 0.15) is 11.9 Å². The fourth-order valence-electron chi connectivity index (χ4n) is 3.40. The Hall–Kier alpha value is -2.62. The predicted octanol–water partition coefficient (Wildman–Crippen LogP) is 3.12. The van der Waals surface area contributed by atoms with Crippen LogP contribution in [0.5, 0.6) is 0 Å². The Labute approximate surface area is 166 Å². The maximum absolute atomic E-state index is 13.2. The Morgan fingerprint density at radius 2 is 1.97 bits per heavy atom. The number of aromatic nitrogens is 2. The second kappa shape index (κ2) is 8.40. The molecule has 2 unspecified atom stereocenters. The monoisotopic (exact) mass is 413 g/mol. The summed E-state index contributed by atoms with van der Waals surface area (Å²) in [5.74, 6) is 0.133. The topological polar surface area (TPSA) is 54.7 Å². The third-order valence-electron chi connectivity index (χ3n) is 4.62. The van der Waals surface area contributed by atoms with Crippen LogP contribution in [0.2, 0.25) is 0 Å². The molecule has 2 aromatic rings. The van der Waals surface area contributed by atoms with E-state index in [-0.39, 0.29) is 30.1 Å². The number of nitrogens with zero attached hydrogens (tertiary/aromatic N) is 4. The molecule has 1 aromatic carbocycles. The van der Waals surface area contributed by atoms with Gasteiger partial charge >= 0.3 is 6.18 Å². The molecule has 0 spiro atoms. The highest BCUT2D eigenvalue weighted by Crippen LogP contribution is 2.30. The molecule has 1 aliphatic heterocycles. The molecule has 1 saturated heterocycles. The zero-order chi connectivity index (χ0) is 21.2. The second-order valence-electron chi connectivity index (χ2n) is 6.97. The minimum Gasteiger partial charge on any atom is -0.367 e. The summed E-state index contributed by atoms with van der Waals surface area (Å²) < 4.78 is 59.8. The van der Waals surface area contributed by atoms with Crippen LogP contribution in [0.4, 0.5) is 17.6 Å². The largest absolute Gasteiger partial charge is 0.435 e. The van der Waals surface area contributed by atoms with E-state index in [1.807, 2.05) is 11.8 Å². The van der Waals surface area contributed by atoms with Crippen LogP contribution in [0.1, 0.15) is 29.8 Å². The van der Waals surface area contributed by atoms with E-state index in [2.05, 4.69) is 15.4 Å². The predicted molar refractivity (Wildman–Crippen MR) is 99.7 cm³/mol. The zero-order valence-corrected chi connectivity index (χ0v) is 16.4. The summed E-state index contributed by atoms with van der Waals surface area (Å²) in [4.78, 5) is 6.13. The van der Waals surface area contributed by atoms with Crippen LogP contribution in [0.25, 0.3) is 0 Å². The molecule has 10 heteroatoms. The third-order valence-corrected chi connectivity index (χ3v) is 4.62. The van der Waals surface area contributed by atoms with Gasteiger partial charge in [-0.15, -0.1) is 0 Å². The fraction of sp³-hybridized carbons (Fsp3) is 0.474. The molecule has 0 aliphatic carbocycles. The number of aryl methyl sites for hydroxylation is 1. The summed E-state index contributed by atoms with van der Waals surface area (Å²) in [6.45, 7) is 2.80. The summed E-state index contributed by atoms with van der Waals surface area (Å²) in [5.41, 5.74) is -0.0509. The van der Waals surface area contributed by atoms with Crippen molar-refractivity contribution < 1.29 is 22.3 Å². The van der Waals surface area contributed by atoms with Crippen molar-refractivity contribution in [1.29, 1.82) is 0 Å². The molecule has 2 atom stereocenters. The van der Waals surface area contributed by atoms with Crippen molar-refractivity contribution in [3.8, 4) is 0 Å². The Morgan fingerprint density at radius 3 is 2.59 bits per heavy atom. The summed E-state index contributed by atoms with van der Waals surface area (Å²) in [6, 6.07) is 6.07. The number of nitrogens with one attached hydrogen (secondary N) is 1. The Balaban J connectivity index is 1.72. The van der Waals surface area contributed by atoms with Gasteiger partial charge in [0.2, 0.25) is 0 Å². The van der Waals surface area contributed by atoms with E-state index in [1.165, 1.54) is 25.4 Å². The van der Waals surface area contributed by atoms with Gasteiger partial charge in [-0.1, -0.05) is 12.1 Å². The van der Waals surface area contributed by atoms with Crippen molar-refractivity contribution in [2.24, 2.45) is 12.0 Å². The molecular formula is C19H23F4N5O. The number of hydrogen-bond acceptors (Lipinski definition) is 3. The first-order valence-corrected chi connectivity index (χ1v) is 9.13. The molecule has 2 heterocycles. The average molecular weight is 413 g/mol. The van der Waals surface area contributed by atoms with Gasteiger partial charge in [-0.3, -0.25) is 9.67 Å². The molecule has 1 aliphatic rings. The van der Waals surface area contributed by atoms with Crippen molar-refractivity contribution >= 4 is 5.96 Å². The molecule has 158 valence electrons. The van der Waals surface area contributed by atoms with Crippen molar-refractivity contribution in [3.63, 3.8) is 0 Å². The maximum Gasteiger partial charge on any atom is 0.435 e. The molecule has 0 radical (unpaired) electrons. The number of rotatable bonds is 3. The normalized spacial score (nSPS) is 20.8. The van der Waals surface area contributed by atoms with E-state index < -0.39 is 11.9 Å². The number of alkyl halides is 3. The molecule has 0 bridgehead atoms. The molecular weight excluding hydrogens is 390 g/mol. The van der Waals surface area contributed by atoms with Gasteiger partial charge in [0.15, 0.2) is 11.7 Å². The lowest BCUT2D eigenvalue weighted by atomic mass is 10.1. The SMILES string of the molecule is CN=C(NCc1cn(C)nc1C(F)(F)F)N1CC(C)OC(c2ccc(F)cc2)C1. The van der Waals surface area contributed by atoms with Gasteiger partial charge in [-0.05, 0) is 24.6 Å². The summed E-state index contributed by atoms with van der Waals surface area (Å²) in [5, 5.41) is 6.51. The van der Waals surface area contributed by atoms with Crippen LogP contribution in [0.15, 0.2) is 35.5 Å². The van der Waals surface area contributed by atoms with E-state index in [1.54, 1.807) is 19.2 Å². The van der Waals surface area contributed by atoms with Crippen LogP contribution < -0.4 is 5.32 Å². The first kappa shape index (κ1) is 21.1. The van der Waals surface area contributed by atoms with E-state index >= 15 is 0 Å².